The van der Waals surface area contributed by atoms with Gasteiger partial charge in [-0.15, -0.1) is 0 Å². The standard InChI is InChI=1S/C13H15Cl2NO2/c14-9-3-4-11(15)10(7-9)12(18)16-13(8-17)5-1-2-6-13/h3-4,7,17H,1-2,5-6,8H2,(H,16,18). The molecule has 1 fully saturated rings. The van der Waals surface area contributed by atoms with Gasteiger partial charge in [-0.05, 0) is 31.0 Å². The summed E-state index contributed by atoms with van der Waals surface area (Å²) in [6, 6.07) is 4.77. The summed E-state index contributed by atoms with van der Waals surface area (Å²) in [7, 11) is 0. The third-order valence-electron chi connectivity index (χ3n) is 3.42. The van der Waals surface area contributed by atoms with Gasteiger partial charge in [0.15, 0.2) is 0 Å². The summed E-state index contributed by atoms with van der Waals surface area (Å²) in [5.74, 6) is -0.279. The molecule has 18 heavy (non-hydrogen) atoms. The maximum absolute atomic E-state index is 12.2. The van der Waals surface area contributed by atoms with E-state index in [4.69, 9.17) is 23.2 Å². The first-order valence-corrected chi connectivity index (χ1v) is 6.70. The van der Waals surface area contributed by atoms with Crippen LogP contribution in [0.2, 0.25) is 10.0 Å². The van der Waals surface area contributed by atoms with Crippen molar-refractivity contribution in [2.45, 2.75) is 31.2 Å². The molecule has 98 valence electrons. The van der Waals surface area contributed by atoms with Gasteiger partial charge in [0.1, 0.15) is 0 Å². The lowest BCUT2D eigenvalue weighted by molar-refractivity contribution is 0.0838. The highest BCUT2D eigenvalue weighted by molar-refractivity contribution is 6.35. The number of aliphatic hydroxyl groups excluding tert-OH is 1. The molecule has 2 rings (SSSR count). The predicted molar refractivity (Wildman–Crippen MR) is 72.2 cm³/mol. The molecule has 0 aromatic heterocycles. The van der Waals surface area contributed by atoms with Crippen LogP contribution in [0.4, 0.5) is 0 Å². The highest BCUT2D eigenvalue weighted by Crippen LogP contribution is 2.30. The molecule has 1 aromatic rings. The van der Waals surface area contributed by atoms with E-state index in [0.717, 1.165) is 25.7 Å². The SMILES string of the molecule is O=C(NC1(CO)CCCC1)c1cc(Cl)ccc1Cl. The molecule has 2 N–H and O–H groups in total. The number of benzene rings is 1. The second kappa shape index (κ2) is 5.47. The molecular formula is C13H15Cl2NO2. The Bertz CT molecular complexity index is 456. The van der Waals surface area contributed by atoms with Gasteiger partial charge in [-0.1, -0.05) is 36.0 Å². The second-order valence-corrected chi connectivity index (χ2v) is 5.57. The average molecular weight is 288 g/mol. The van der Waals surface area contributed by atoms with Crippen molar-refractivity contribution in [3.05, 3.63) is 33.8 Å². The third-order valence-corrected chi connectivity index (χ3v) is 3.98. The zero-order chi connectivity index (χ0) is 13.2. The summed E-state index contributed by atoms with van der Waals surface area (Å²) >= 11 is 11.8. The summed E-state index contributed by atoms with van der Waals surface area (Å²) in [4.78, 5) is 12.2. The third kappa shape index (κ3) is 2.79. The first kappa shape index (κ1) is 13.7. The Balaban J connectivity index is 2.18. The number of aliphatic hydroxyl groups is 1. The fraction of sp³-hybridized carbons (Fsp3) is 0.462. The van der Waals surface area contributed by atoms with Crippen molar-refractivity contribution < 1.29 is 9.90 Å². The Kier molecular flexibility index (Phi) is 4.15. The van der Waals surface area contributed by atoms with E-state index in [0.29, 0.717) is 15.6 Å². The number of carbonyl (C=O) groups excluding carboxylic acids is 1. The molecule has 0 saturated heterocycles. The fourth-order valence-electron chi connectivity index (χ4n) is 2.35. The van der Waals surface area contributed by atoms with Crippen molar-refractivity contribution in [1.82, 2.24) is 5.32 Å². The maximum atomic E-state index is 12.2. The number of hydrogen-bond donors (Lipinski definition) is 2. The van der Waals surface area contributed by atoms with E-state index in [9.17, 15) is 9.90 Å². The monoisotopic (exact) mass is 287 g/mol. The van der Waals surface area contributed by atoms with Gasteiger partial charge in [0, 0.05) is 5.02 Å². The van der Waals surface area contributed by atoms with Crippen molar-refractivity contribution in [1.29, 1.82) is 0 Å². The minimum absolute atomic E-state index is 0.0447. The molecule has 1 aliphatic rings. The number of rotatable bonds is 3. The van der Waals surface area contributed by atoms with E-state index in [1.807, 2.05) is 0 Å². The quantitative estimate of drug-likeness (QED) is 0.898. The first-order chi connectivity index (χ1) is 8.56. The Hall–Kier alpha value is -0.770. The van der Waals surface area contributed by atoms with E-state index in [2.05, 4.69) is 5.32 Å². The summed E-state index contributed by atoms with van der Waals surface area (Å²) in [6.07, 6.45) is 3.63. The molecule has 1 saturated carbocycles. The number of halogens is 2. The van der Waals surface area contributed by atoms with Crippen LogP contribution in [0.5, 0.6) is 0 Å². The van der Waals surface area contributed by atoms with E-state index in [1.54, 1.807) is 18.2 Å². The van der Waals surface area contributed by atoms with E-state index < -0.39 is 5.54 Å². The molecule has 0 bridgehead atoms. The summed E-state index contributed by atoms with van der Waals surface area (Å²) in [5, 5.41) is 13.2. The van der Waals surface area contributed by atoms with Crippen molar-refractivity contribution in [2.24, 2.45) is 0 Å². The van der Waals surface area contributed by atoms with Crippen LogP contribution in [0.3, 0.4) is 0 Å². The average Bonchev–Trinajstić information content (AvgIpc) is 2.81. The van der Waals surface area contributed by atoms with E-state index in [-0.39, 0.29) is 12.5 Å². The molecule has 0 unspecified atom stereocenters. The molecule has 0 atom stereocenters. The second-order valence-electron chi connectivity index (χ2n) is 4.72. The molecule has 1 amide bonds. The molecule has 1 aliphatic carbocycles. The molecular weight excluding hydrogens is 273 g/mol. The predicted octanol–water partition coefficient (Wildman–Crippen LogP) is 3.03. The zero-order valence-electron chi connectivity index (χ0n) is 9.88. The lowest BCUT2D eigenvalue weighted by Gasteiger charge is -2.28. The van der Waals surface area contributed by atoms with Gasteiger partial charge < -0.3 is 10.4 Å². The largest absolute Gasteiger partial charge is 0.394 e. The minimum Gasteiger partial charge on any atom is -0.394 e. The van der Waals surface area contributed by atoms with Crippen LogP contribution in [0.1, 0.15) is 36.0 Å². The normalized spacial score (nSPS) is 17.7. The summed E-state index contributed by atoms with van der Waals surface area (Å²) in [6.45, 7) is -0.0447. The van der Waals surface area contributed by atoms with Crippen LogP contribution in [0.15, 0.2) is 18.2 Å². The van der Waals surface area contributed by atoms with Gasteiger partial charge in [0.25, 0.3) is 5.91 Å². The molecule has 5 heteroatoms. The van der Waals surface area contributed by atoms with Gasteiger partial charge in [-0.25, -0.2) is 0 Å². The smallest absolute Gasteiger partial charge is 0.253 e. The Morgan fingerprint density at radius 3 is 2.61 bits per heavy atom. The zero-order valence-corrected chi connectivity index (χ0v) is 11.4. The minimum atomic E-state index is -0.497. The van der Waals surface area contributed by atoms with Gasteiger partial charge in [-0.2, -0.15) is 0 Å². The van der Waals surface area contributed by atoms with Crippen LogP contribution in [0.25, 0.3) is 0 Å². The number of nitrogens with one attached hydrogen (secondary N) is 1. The highest BCUT2D eigenvalue weighted by atomic mass is 35.5. The lowest BCUT2D eigenvalue weighted by Crippen LogP contribution is -2.49. The van der Waals surface area contributed by atoms with Gasteiger partial charge in [0.2, 0.25) is 0 Å². The topological polar surface area (TPSA) is 49.3 Å². The number of amides is 1. The van der Waals surface area contributed by atoms with Crippen LogP contribution >= 0.6 is 23.2 Å². The Morgan fingerprint density at radius 1 is 1.33 bits per heavy atom. The molecule has 3 nitrogen and oxygen atoms in total. The number of carbonyl (C=O) groups is 1. The summed E-state index contributed by atoms with van der Waals surface area (Å²) < 4.78 is 0. The highest BCUT2D eigenvalue weighted by Gasteiger charge is 2.35. The Labute approximate surface area is 116 Å². The van der Waals surface area contributed by atoms with E-state index in [1.165, 1.54) is 0 Å². The van der Waals surface area contributed by atoms with Gasteiger partial charge >= 0.3 is 0 Å². The summed E-state index contributed by atoms with van der Waals surface area (Å²) in [5.41, 5.74) is -0.146. The lowest BCUT2D eigenvalue weighted by atomic mass is 9.98. The molecule has 1 aromatic carbocycles. The molecule has 0 spiro atoms. The van der Waals surface area contributed by atoms with Crippen molar-refractivity contribution in [3.8, 4) is 0 Å². The van der Waals surface area contributed by atoms with E-state index >= 15 is 0 Å². The Morgan fingerprint density at radius 2 is 2.00 bits per heavy atom. The van der Waals surface area contributed by atoms with Crippen molar-refractivity contribution in [3.63, 3.8) is 0 Å². The van der Waals surface area contributed by atoms with Crippen LogP contribution in [0, 0.1) is 0 Å². The molecule has 0 heterocycles. The van der Waals surface area contributed by atoms with Gasteiger partial charge in [0.05, 0.1) is 22.7 Å². The molecule has 0 radical (unpaired) electrons. The van der Waals surface area contributed by atoms with Crippen LogP contribution in [-0.4, -0.2) is 23.2 Å². The first-order valence-electron chi connectivity index (χ1n) is 5.95. The number of hydrogen-bond acceptors (Lipinski definition) is 2. The van der Waals surface area contributed by atoms with Crippen LogP contribution in [-0.2, 0) is 0 Å². The molecule has 0 aliphatic heterocycles. The van der Waals surface area contributed by atoms with Crippen molar-refractivity contribution >= 4 is 29.1 Å². The van der Waals surface area contributed by atoms with Crippen LogP contribution < -0.4 is 5.32 Å². The van der Waals surface area contributed by atoms with Crippen molar-refractivity contribution in [2.75, 3.05) is 6.61 Å². The van der Waals surface area contributed by atoms with Gasteiger partial charge in [-0.3, -0.25) is 4.79 Å². The maximum Gasteiger partial charge on any atom is 0.253 e. The fourth-order valence-corrected chi connectivity index (χ4v) is 2.73.